The van der Waals surface area contributed by atoms with Gasteiger partial charge in [0.1, 0.15) is 0 Å². The summed E-state index contributed by atoms with van der Waals surface area (Å²) in [5, 5.41) is 25.4. The van der Waals surface area contributed by atoms with Crippen LogP contribution in [0.4, 0.5) is 0 Å². The zero-order chi connectivity index (χ0) is 11.1. The first-order valence-corrected chi connectivity index (χ1v) is 3.95. The van der Waals surface area contributed by atoms with Gasteiger partial charge in [0.2, 0.25) is 0 Å². The molecule has 0 rings (SSSR count). The molecule has 0 aromatic carbocycles. The molecule has 13 heavy (non-hydrogen) atoms. The van der Waals surface area contributed by atoms with Crippen molar-refractivity contribution >= 4 is 5.97 Å². The Morgan fingerprint density at radius 1 is 1.62 bits per heavy atom. The number of aliphatic hydroxyl groups is 2. The van der Waals surface area contributed by atoms with Crippen LogP contribution in [-0.4, -0.2) is 33.0 Å². The van der Waals surface area contributed by atoms with Crippen LogP contribution < -0.4 is 0 Å². The van der Waals surface area contributed by atoms with E-state index in [2.05, 4.69) is 6.58 Å². The summed E-state index contributed by atoms with van der Waals surface area (Å²) in [6.45, 7) is 7.99. The topological polar surface area (TPSA) is 77.8 Å². The van der Waals surface area contributed by atoms with E-state index in [-0.39, 0.29) is 0 Å². The summed E-state index contributed by atoms with van der Waals surface area (Å²) in [4.78, 5) is 9.25. The molecule has 0 amide bonds. The molecule has 4 heteroatoms. The van der Waals surface area contributed by atoms with E-state index in [0.29, 0.717) is 6.42 Å². The lowest BCUT2D eigenvalue weighted by molar-refractivity contribution is -0.131. The zero-order valence-corrected chi connectivity index (χ0v) is 8.32. The van der Waals surface area contributed by atoms with Crippen molar-refractivity contribution in [3.63, 3.8) is 0 Å². The maximum atomic E-state index is 9.25. The van der Waals surface area contributed by atoms with E-state index in [0.717, 1.165) is 6.08 Å². The van der Waals surface area contributed by atoms with Gasteiger partial charge in [-0.25, -0.2) is 4.79 Å². The molecule has 0 aliphatic carbocycles. The van der Waals surface area contributed by atoms with Crippen molar-refractivity contribution in [1.29, 1.82) is 0 Å². The summed E-state index contributed by atoms with van der Waals surface area (Å²) in [5.74, 6) is -0.981. The Bertz CT molecular complexity index is 155. The third-order valence-corrected chi connectivity index (χ3v) is 0.970. The van der Waals surface area contributed by atoms with Crippen LogP contribution in [0.1, 0.15) is 27.2 Å². The van der Waals surface area contributed by atoms with Gasteiger partial charge in [-0.05, 0) is 20.8 Å². The molecule has 0 radical (unpaired) electrons. The van der Waals surface area contributed by atoms with Crippen molar-refractivity contribution in [2.24, 2.45) is 0 Å². The molecule has 78 valence electrons. The van der Waals surface area contributed by atoms with Crippen LogP contribution >= 0.6 is 0 Å². The van der Waals surface area contributed by atoms with Gasteiger partial charge < -0.3 is 15.3 Å². The molecule has 1 atom stereocenters. The molecule has 0 spiro atoms. The van der Waals surface area contributed by atoms with Gasteiger partial charge in [0.25, 0.3) is 0 Å². The molecule has 3 N–H and O–H groups in total. The molecule has 0 aliphatic heterocycles. The molecule has 0 aromatic rings. The van der Waals surface area contributed by atoms with Gasteiger partial charge in [-0.3, -0.25) is 0 Å². The summed E-state index contributed by atoms with van der Waals surface area (Å²) >= 11 is 0. The second kappa shape index (κ2) is 6.62. The molecule has 0 saturated heterocycles. The molecule has 0 heterocycles. The van der Waals surface area contributed by atoms with Crippen LogP contribution in [0.3, 0.4) is 0 Å². The van der Waals surface area contributed by atoms with Crippen LogP contribution in [-0.2, 0) is 4.79 Å². The van der Waals surface area contributed by atoms with Gasteiger partial charge in [-0.2, -0.15) is 0 Å². The first-order valence-electron chi connectivity index (χ1n) is 3.95. The Labute approximate surface area is 78.5 Å². The summed E-state index contributed by atoms with van der Waals surface area (Å²) < 4.78 is 0. The average molecular weight is 190 g/mol. The molecular weight excluding hydrogens is 172 g/mol. The van der Waals surface area contributed by atoms with Gasteiger partial charge in [-0.15, -0.1) is 0 Å². The zero-order valence-electron chi connectivity index (χ0n) is 8.32. The minimum Gasteiger partial charge on any atom is -0.478 e. The predicted molar refractivity (Wildman–Crippen MR) is 50.4 cm³/mol. The van der Waals surface area contributed by atoms with Crippen molar-refractivity contribution in [1.82, 2.24) is 0 Å². The van der Waals surface area contributed by atoms with Gasteiger partial charge in [0.05, 0.1) is 11.7 Å². The summed E-state index contributed by atoms with van der Waals surface area (Å²) in [6.07, 6.45) is 0.863. The Hall–Kier alpha value is -0.870. The number of hydrogen-bond acceptors (Lipinski definition) is 3. The fourth-order valence-electron chi connectivity index (χ4n) is 0.723. The molecule has 0 aromatic heterocycles. The minimum atomic E-state index is -0.981. The standard InChI is InChI=1S/C6H14O2.C3H4O2/c1-5(7)4-6(2,3)8;1-2-3(4)5/h5,7-8H,4H2,1-3H3;2H,1H2,(H,4,5). The van der Waals surface area contributed by atoms with Gasteiger partial charge in [-0.1, -0.05) is 6.58 Å². The predicted octanol–water partition coefficient (Wildman–Crippen LogP) is 0.785. The van der Waals surface area contributed by atoms with Crippen LogP contribution in [0, 0.1) is 0 Å². The summed E-state index contributed by atoms with van der Waals surface area (Å²) in [6, 6.07) is 0. The van der Waals surface area contributed by atoms with Crippen molar-refractivity contribution in [3.05, 3.63) is 12.7 Å². The van der Waals surface area contributed by atoms with E-state index < -0.39 is 17.7 Å². The lowest BCUT2D eigenvalue weighted by Gasteiger charge is -2.17. The highest BCUT2D eigenvalue weighted by molar-refractivity contribution is 5.78. The molecular formula is C9H18O4. The third kappa shape index (κ3) is 24.7. The monoisotopic (exact) mass is 190 g/mol. The molecule has 0 bridgehead atoms. The first kappa shape index (κ1) is 14.6. The van der Waals surface area contributed by atoms with Crippen molar-refractivity contribution in [2.45, 2.75) is 38.9 Å². The van der Waals surface area contributed by atoms with Crippen molar-refractivity contribution < 1.29 is 20.1 Å². The second-order valence-corrected chi connectivity index (χ2v) is 3.41. The number of carboxylic acids is 1. The Morgan fingerprint density at radius 2 is 1.92 bits per heavy atom. The number of carboxylic acid groups (broad SMARTS) is 1. The van der Waals surface area contributed by atoms with E-state index in [1.165, 1.54) is 0 Å². The maximum absolute atomic E-state index is 9.25. The highest BCUT2D eigenvalue weighted by Crippen LogP contribution is 2.09. The van der Waals surface area contributed by atoms with E-state index in [1.807, 2.05) is 0 Å². The molecule has 0 saturated carbocycles. The molecule has 0 fully saturated rings. The molecule has 1 unspecified atom stereocenters. The lowest BCUT2D eigenvalue weighted by atomic mass is 10.0. The lowest BCUT2D eigenvalue weighted by Crippen LogP contribution is -2.24. The van der Waals surface area contributed by atoms with Gasteiger partial charge >= 0.3 is 5.97 Å². The summed E-state index contributed by atoms with van der Waals surface area (Å²) in [5.41, 5.74) is -0.728. The SMILES string of the molecule is C=CC(=O)O.CC(O)CC(C)(C)O. The van der Waals surface area contributed by atoms with Crippen molar-refractivity contribution in [2.75, 3.05) is 0 Å². The number of carbonyl (C=O) groups is 1. The van der Waals surface area contributed by atoms with Crippen LogP contribution in [0.25, 0.3) is 0 Å². The Morgan fingerprint density at radius 3 is 1.92 bits per heavy atom. The van der Waals surface area contributed by atoms with E-state index in [9.17, 15) is 4.79 Å². The largest absolute Gasteiger partial charge is 0.478 e. The Balaban J connectivity index is 0. The van der Waals surface area contributed by atoms with Gasteiger partial charge in [0, 0.05) is 12.5 Å². The van der Waals surface area contributed by atoms with Crippen LogP contribution in [0.15, 0.2) is 12.7 Å². The summed E-state index contributed by atoms with van der Waals surface area (Å²) in [7, 11) is 0. The van der Waals surface area contributed by atoms with Crippen molar-refractivity contribution in [3.8, 4) is 0 Å². The smallest absolute Gasteiger partial charge is 0.327 e. The fourth-order valence-corrected chi connectivity index (χ4v) is 0.723. The first-order chi connectivity index (χ1) is 5.69. The number of hydrogen-bond donors (Lipinski definition) is 3. The number of aliphatic carboxylic acids is 1. The Kier molecular flexibility index (Phi) is 7.46. The fraction of sp³-hybridized carbons (Fsp3) is 0.667. The highest BCUT2D eigenvalue weighted by Gasteiger charge is 2.14. The minimum absolute atomic E-state index is 0.407. The molecule has 0 aliphatic rings. The normalized spacial score (nSPS) is 12.4. The quantitative estimate of drug-likeness (QED) is 0.575. The second-order valence-electron chi connectivity index (χ2n) is 3.41. The van der Waals surface area contributed by atoms with Gasteiger partial charge in [0.15, 0.2) is 0 Å². The third-order valence-electron chi connectivity index (χ3n) is 0.970. The number of rotatable bonds is 3. The maximum Gasteiger partial charge on any atom is 0.327 e. The van der Waals surface area contributed by atoms with E-state index in [1.54, 1.807) is 20.8 Å². The molecule has 4 nitrogen and oxygen atoms in total. The van der Waals surface area contributed by atoms with Crippen LogP contribution in [0.5, 0.6) is 0 Å². The number of aliphatic hydroxyl groups excluding tert-OH is 1. The van der Waals surface area contributed by atoms with Crippen LogP contribution in [0.2, 0.25) is 0 Å². The highest BCUT2D eigenvalue weighted by atomic mass is 16.4. The van der Waals surface area contributed by atoms with E-state index in [4.69, 9.17) is 15.3 Å². The average Bonchev–Trinajstić information content (AvgIpc) is 1.83. The van der Waals surface area contributed by atoms with E-state index >= 15 is 0 Å².